The highest BCUT2D eigenvalue weighted by atomic mass is 16.1. The Morgan fingerprint density at radius 2 is 2.21 bits per heavy atom. The summed E-state index contributed by atoms with van der Waals surface area (Å²) in [6.45, 7) is 0. The molecule has 72 valence electrons. The lowest BCUT2D eigenvalue weighted by atomic mass is 9.93. The van der Waals surface area contributed by atoms with Gasteiger partial charge < -0.3 is 5.73 Å². The highest BCUT2D eigenvalue weighted by molar-refractivity contribution is 5.99. The highest BCUT2D eigenvalue weighted by Gasteiger charge is 2.13. The number of hydrogen-bond acceptors (Lipinski definition) is 3. The Hall–Kier alpha value is -1.64. The van der Waals surface area contributed by atoms with Crippen LogP contribution in [0.15, 0.2) is 24.4 Å². The standard InChI is InChI=1S/C11H12N2O/c12-11-10(5-2-6-13-11)8-3-1-4-9(14)7-8/h2,5-7H,1,3-4H2,(H2,12,13). The van der Waals surface area contributed by atoms with Crippen molar-refractivity contribution in [3.63, 3.8) is 0 Å². The molecule has 1 aliphatic carbocycles. The molecular formula is C11H12N2O. The van der Waals surface area contributed by atoms with Gasteiger partial charge in [-0.3, -0.25) is 4.79 Å². The van der Waals surface area contributed by atoms with Crippen LogP contribution in [0, 0.1) is 0 Å². The van der Waals surface area contributed by atoms with Crippen molar-refractivity contribution in [3.8, 4) is 0 Å². The minimum absolute atomic E-state index is 0.189. The molecule has 0 unspecified atom stereocenters. The van der Waals surface area contributed by atoms with Crippen molar-refractivity contribution in [3.05, 3.63) is 30.0 Å². The van der Waals surface area contributed by atoms with Crippen molar-refractivity contribution in [2.75, 3.05) is 5.73 Å². The van der Waals surface area contributed by atoms with Gasteiger partial charge in [0.1, 0.15) is 5.82 Å². The van der Waals surface area contributed by atoms with Crippen molar-refractivity contribution in [2.24, 2.45) is 0 Å². The van der Waals surface area contributed by atoms with Crippen molar-refractivity contribution in [2.45, 2.75) is 19.3 Å². The van der Waals surface area contributed by atoms with Gasteiger partial charge in [-0.2, -0.15) is 0 Å². The zero-order chi connectivity index (χ0) is 9.97. The summed E-state index contributed by atoms with van der Waals surface area (Å²) in [6.07, 6.45) is 5.84. The van der Waals surface area contributed by atoms with E-state index in [-0.39, 0.29) is 5.78 Å². The van der Waals surface area contributed by atoms with E-state index in [0.29, 0.717) is 12.2 Å². The van der Waals surface area contributed by atoms with Crippen LogP contribution in [-0.2, 0) is 4.79 Å². The Kier molecular flexibility index (Phi) is 2.31. The van der Waals surface area contributed by atoms with Crippen LogP contribution in [0.3, 0.4) is 0 Å². The fraction of sp³-hybridized carbons (Fsp3) is 0.273. The van der Waals surface area contributed by atoms with Crippen molar-refractivity contribution in [1.29, 1.82) is 0 Å². The number of hydrogen-bond donors (Lipinski definition) is 1. The minimum Gasteiger partial charge on any atom is -0.383 e. The number of rotatable bonds is 1. The van der Waals surface area contributed by atoms with Gasteiger partial charge in [0.25, 0.3) is 0 Å². The Bertz CT molecular complexity index is 396. The molecular weight excluding hydrogens is 176 g/mol. The Morgan fingerprint density at radius 1 is 1.36 bits per heavy atom. The van der Waals surface area contributed by atoms with E-state index in [1.807, 2.05) is 12.1 Å². The van der Waals surface area contributed by atoms with Gasteiger partial charge >= 0.3 is 0 Å². The Balaban J connectivity index is 2.40. The molecule has 0 saturated heterocycles. The van der Waals surface area contributed by atoms with Gasteiger partial charge in [0.05, 0.1) is 0 Å². The number of ketones is 1. The molecule has 14 heavy (non-hydrogen) atoms. The van der Waals surface area contributed by atoms with Gasteiger partial charge in [0, 0.05) is 18.2 Å². The summed E-state index contributed by atoms with van der Waals surface area (Å²) in [5.41, 5.74) is 7.66. The number of anilines is 1. The maximum Gasteiger partial charge on any atom is 0.155 e. The third-order valence-corrected chi connectivity index (χ3v) is 2.39. The number of nitrogens with zero attached hydrogens (tertiary/aromatic N) is 1. The number of pyridine rings is 1. The molecule has 0 bridgehead atoms. The van der Waals surface area contributed by atoms with Crippen molar-refractivity contribution in [1.82, 2.24) is 4.98 Å². The Morgan fingerprint density at radius 3 is 2.93 bits per heavy atom. The maximum atomic E-state index is 11.2. The van der Waals surface area contributed by atoms with Crippen LogP contribution in [0.2, 0.25) is 0 Å². The molecule has 0 spiro atoms. The third kappa shape index (κ3) is 1.66. The van der Waals surface area contributed by atoms with E-state index in [4.69, 9.17) is 5.73 Å². The van der Waals surface area contributed by atoms with Gasteiger partial charge in [0.2, 0.25) is 0 Å². The van der Waals surface area contributed by atoms with E-state index in [0.717, 1.165) is 24.0 Å². The predicted octanol–water partition coefficient (Wildman–Crippen LogP) is 1.80. The molecule has 0 fully saturated rings. The second-order valence-corrected chi connectivity index (χ2v) is 3.43. The van der Waals surface area contributed by atoms with Gasteiger partial charge in [-0.1, -0.05) is 0 Å². The highest BCUT2D eigenvalue weighted by Crippen LogP contribution is 2.27. The predicted molar refractivity (Wildman–Crippen MR) is 55.5 cm³/mol. The number of nitrogens with two attached hydrogens (primary N) is 1. The number of carbonyl (C=O) groups is 1. The largest absolute Gasteiger partial charge is 0.383 e. The first-order chi connectivity index (χ1) is 6.77. The maximum absolute atomic E-state index is 11.2. The van der Waals surface area contributed by atoms with Crippen LogP contribution in [-0.4, -0.2) is 10.8 Å². The SMILES string of the molecule is Nc1ncccc1C1=CC(=O)CCC1. The average molecular weight is 188 g/mol. The quantitative estimate of drug-likeness (QED) is 0.731. The normalized spacial score (nSPS) is 16.6. The monoisotopic (exact) mass is 188 g/mol. The van der Waals surface area contributed by atoms with Gasteiger partial charge in [-0.15, -0.1) is 0 Å². The zero-order valence-electron chi connectivity index (χ0n) is 7.86. The average Bonchev–Trinajstić information content (AvgIpc) is 2.18. The number of carbonyl (C=O) groups excluding carboxylic acids is 1. The molecule has 1 aliphatic rings. The van der Waals surface area contributed by atoms with E-state index in [1.54, 1.807) is 12.3 Å². The summed E-state index contributed by atoms with van der Waals surface area (Å²) in [6, 6.07) is 3.75. The van der Waals surface area contributed by atoms with Crippen molar-refractivity contribution >= 4 is 17.2 Å². The van der Waals surface area contributed by atoms with Gasteiger partial charge in [-0.05, 0) is 36.6 Å². The summed E-state index contributed by atoms with van der Waals surface area (Å²) in [5.74, 6) is 0.697. The van der Waals surface area contributed by atoms with E-state index in [1.165, 1.54) is 0 Å². The van der Waals surface area contributed by atoms with Gasteiger partial charge in [-0.25, -0.2) is 4.98 Å². The summed E-state index contributed by atoms with van der Waals surface area (Å²) in [4.78, 5) is 15.2. The third-order valence-electron chi connectivity index (χ3n) is 2.39. The molecule has 1 heterocycles. The molecule has 0 saturated carbocycles. The first-order valence-corrected chi connectivity index (χ1v) is 4.71. The fourth-order valence-corrected chi connectivity index (χ4v) is 1.69. The fourth-order valence-electron chi connectivity index (χ4n) is 1.69. The van der Waals surface area contributed by atoms with E-state index in [2.05, 4.69) is 4.98 Å². The molecule has 0 atom stereocenters. The Labute approximate surface area is 82.6 Å². The lowest BCUT2D eigenvalue weighted by Crippen LogP contribution is -2.04. The number of aromatic nitrogens is 1. The molecule has 0 radical (unpaired) electrons. The first kappa shape index (κ1) is 8.94. The summed E-state index contributed by atoms with van der Waals surface area (Å²) in [7, 11) is 0. The summed E-state index contributed by atoms with van der Waals surface area (Å²) < 4.78 is 0. The lowest BCUT2D eigenvalue weighted by Gasteiger charge is -2.12. The molecule has 1 aromatic heterocycles. The van der Waals surface area contributed by atoms with Crippen molar-refractivity contribution < 1.29 is 4.79 Å². The number of nitrogen functional groups attached to an aromatic ring is 1. The van der Waals surface area contributed by atoms with Crippen LogP contribution in [0.25, 0.3) is 5.57 Å². The van der Waals surface area contributed by atoms with E-state index < -0.39 is 0 Å². The summed E-state index contributed by atoms with van der Waals surface area (Å²) in [5, 5.41) is 0. The summed E-state index contributed by atoms with van der Waals surface area (Å²) >= 11 is 0. The topological polar surface area (TPSA) is 56.0 Å². The zero-order valence-corrected chi connectivity index (χ0v) is 7.86. The molecule has 3 nitrogen and oxygen atoms in total. The molecule has 0 aromatic carbocycles. The minimum atomic E-state index is 0.189. The van der Waals surface area contributed by atoms with Crippen LogP contribution in [0.4, 0.5) is 5.82 Å². The second kappa shape index (κ2) is 3.62. The van der Waals surface area contributed by atoms with Gasteiger partial charge in [0.15, 0.2) is 5.78 Å². The molecule has 0 amide bonds. The number of allylic oxidation sites excluding steroid dienone is 2. The van der Waals surface area contributed by atoms with E-state index >= 15 is 0 Å². The molecule has 2 rings (SSSR count). The first-order valence-electron chi connectivity index (χ1n) is 4.71. The van der Waals surface area contributed by atoms with E-state index in [9.17, 15) is 4.79 Å². The molecule has 1 aromatic rings. The second-order valence-electron chi connectivity index (χ2n) is 3.43. The van der Waals surface area contributed by atoms with Crippen LogP contribution < -0.4 is 5.73 Å². The molecule has 3 heteroatoms. The van der Waals surface area contributed by atoms with Crippen LogP contribution in [0.5, 0.6) is 0 Å². The van der Waals surface area contributed by atoms with Crippen LogP contribution >= 0.6 is 0 Å². The lowest BCUT2D eigenvalue weighted by molar-refractivity contribution is -0.114. The van der Waals surface area contributed by atoms with Crippen LogP contribution in [0.1, 0.15) is 24.8 Å². The molecule has 2 N–H and O–H groups in total. The smallest absolute Gasteiger partial charge is 0.155 e. The molecule has 0 aliphatic heterocycles.